The van der Waals surface area contributed by atoms with Crippen LogP contribution in [0.3, 0.4) is 0 Å². The molecule has 0 aliphatic carbocycles. The van der Waals surface area contributed by atoms with Crippen LogP contribution in [0.2, 0.25) is 5.02 Å². The van der Waals surface area contributed by atoms with Gasteiger partial charge in [-0.25, -0.2) is 19.0 Å². The number of thioether (sulfide) groups is 1. The first kappa shape index (κ1) is 20.3. The highest BCUT2D eigenvalue weighted by Crippen LogP contribution is 2.26. The van der Waals surface area contributed by atoms with Crippen LogP contribution in [0.1, 0.15) is 5.56 Å². The Balaban J connectivity index is 1.48. The van der Waals surface area contributed by atoms with Crippen LogP contribution < -0.4 is 0 Å². The predicted octanol–water partition coefficient (Wildman–Crippen LogP) is 4.36. The van der Waals surface area contributed by atoms with E-state index in [1.165, 1.54) is 35.1 Å². The lowest BCUT2D eigenvalue weighted by Crippen LogP contribution is -2.28. The van der Waals surface area contributed by atoms with E-state index in [0.29, 0.717) is 21.3 Å². The van der Waals surface area contributed by atoms with Crippen LogP contribution >= 0.6 is 23.4 Å². The zero-order valence-electron chi connectivity index (χ0n) is 16.0. The van der Waals surface area contributed by atoms with Crippen molar-refractivity contribution in [2.45, 2.75) is 11.6 Å². The number of para-hydroxylation sites is 1. The van der Waals surface area contributed by atoms with Crippen molar-refractivity contribution < 1.29 is 9.18 Å². The topological polar surface area (TPSA) is 63.9 Å². The fourth-order valence-corrected chi connectivity index (χ4v) is 4.07. The highest BCUT2D eigenvalue weighted by molar-refractivity contribution is 8.00. The van der Waals surface area contributed by atoms with Crippen LogP contribution in [0.15, 0.2) is 66.1 Å². The molecule has 152 valence electrons. The second-order valence-electron chi connectivity index (χ2n) is 6.55. The summed E-state index contributed by atoms with van der Waals surface area (Å²) in [7, 11) is 1.62. The molecule has 0 saturated carbocycles. The van der Waals surface area contributed by atoms with E-state index in [0.717, 1.165) is 11.1 Å². The van der Waals surface area contributed by atoms with E-state index < -0.39 is 5.82 Å². The fraction of sp³-hybridized carbons (Fsp3) is 0.143. The van der Waals surface area contributed by atoms with E-state index >= 15 is 0 Å². The quantitative estimate of drug-likeness (QED) is 0.328. The highest BCUT2D eigenvalue weighted by Gasteiger charge is 2.17. The number of hydrogen-bond donors (Lipinski definition) is 0. The summed E-state index contributed by atoms with van der Waals surface area (Å²) < 4.78 is 15.7. The minimum Gasteiger partial charge on any atom is -0.341 e. The molecule has 6 nitrogen and oxygen atoms in total. The van der Waals surface area contributed by atoms with Crippen LogP contribution in [0.4, 0.5) is 4.39 Å². The largest absolute Gasteiger partial charge is 0.341 e. The van der Waals surface area contributed by atoms with Crippen molar-refractivity contribution in [3.8, 4) is 5.69 Å². The van der Waals surface area contributed by atoms with Gasteiger partial charge in [-0.3, -0.25) is 4.79 Å². The molecule has 2 heterocycles. The first-order valence-corrected chi connectivity index (χ1v) is 10.4. The first-order valence-electron chi connectivity index (χ1n) is 9.08. The van der Waals surface area contributed by atoms with Gasteiger partial charge in [0.15, 0.2) is 5.65 Å². The molecule has 0 atom stereocenters. The third-order valence-electron chi connectivity index (χ3n) is 4.55. The molecule has 1 amide bonds. The van der Waals surface area contributed by atoms with Crippen molar-refractivity contribution in [1.82, 2.24) is 24.6 Å². The maximum Gasteiger partial charge on any atom is 0.233 e. The molecule has 0 saturated heterocycles. The number of carbonyl (C=O) groups excluding carboxylic acids is 1. The van der Waals surface area contributed by atoms with E-state index in [1.54, 1.807) is 24.0 Å². The monoisotopic (exact) mass is 441 g/mol. The minimum absolute atomic E-state index is 0.0933. The number of rotatable bonds is 6. The van der Waals surface area contributed by atoms with Gasteiger partial charge < -0.3 is 4.90 Å². The van der Waals surface area contributed by atoms with Gasteiger partial charge in [0.1, 0.15) is 17.2 Å². The molecular formula is C21H17ClFN5OS. The zero-order chi connectivity index (χ0) is 21.1. The fourth-order valence-electron chi connectivity index (χ4n) is 2.94. The van der Waals surface area contributed by atoms with Gasteiger partial charge in [0.05, 0.1) is 23.0 Å². The Morgan fingerprint density at radius 3 is 2.73 bits per heavy atom. The van der Waals surface area contributed by atoms with Crippen LogP contribution in [0.25, 0.3) is 16.7 Å². The third-order valence-corrected chi connectivity index (χ3v) is 5.89. The van der Waals surface area contributed by atoms with Crippen LogP contribution in [0, 0.1) is 5.82 Å². The lowest BCUT2D eigenvalue weighted by Gasteiger charge is -2.18. The molecule has 2 aromatic carbocycles. The number of amides is 1. The van der Waals surface area contributed by atoms with Gasteiger partial charge >= 0.3 is 0 Å². The second-order valence-corrected chi connectivity index (χ2v) is 7.92. The number of hydrogen-bond acceptors (Lipinski definition) is 5. The van der Waals surface area contributed by atoms with E-state index in [2.05, 4.69) is 15.1 Å². The summed E-state index contributed by atoms with van der Waals surface area (Å²) in [6, 6.07) is 14.1. The Morgan fingerprint density at radius 1 is 1.17 bits per heavy atom. The van der Waals surface area contributed by atoms with Crippen LogP contribution in [-0.4, -0.2) is 43.4 Å². The van der Waals surface area contributed by atoms with Gasteiger partial charge in [-0.1, -0.05) is 47.6 Å². The lowest BCUT2D eigenvalue weighted by molar-refractivity contribution is -0.127. The summed E-state index contributed by atoms with van der Waals surface area (Å²) in [5, 5.41) is 6.14. The first-order chi connectivity index (χ1) is 14.5. The van der Waals surface area contributed by atoms with Gasteiger partial charge in [0.25, 0.3) is 0 Å². The van der Waals surface area contributed by atoms with Gasteiger partial charge in [0.2, 0.25) is 5.91 Å². The smallest absolute Gasteiger partial charge is 0.233 e. The average Bonchev–Trinajstić information content (AvgIpc) is 3.20. The molecule has 0 fully saturated rings. The van der Waals surface area contributed by atoms with Gasteiger partial charge in [-0.05, 0) is 24.3 Å². The summed E-state index contributed by atoms with van der Waals surface area (Å²) in [6.45, 7) is 0.0933. The van der Waals surface area contributed by atoms with Crippen LogP contribution in [0.5, 0.6) is 0 Å². The average molecular weight is 442 g/mol. The van der Waals surface area contributed by atoms with Crippen molar-refractivity contribution in [3.05, 3.63) is 77.5 Å². The maximum absolute atomic E-state index is 14.0. The molecule has 0 unspecified atom stereocenters. The Hall–Kier alpha value is -2.97. The van der Waals surface area contributed by atoms with Crippen molar-refractivity contribution in [2.24, 2.45) is 0 Å². The molecule has 9 heteroatoms. The SMILES string of the molecule is CN(Cc1c(F)cccc1Cl)C(=O)CSc1ncnc2c1cnn2-c1ccccc1. The summed E-state index contributed by atoms with van der Waals surface area (Å²) in [6.07, 6.45) is 3.15. The third kappa shape index (κ3) is 4.15. The number of nitrogens with zero attached hydrogens (tertiary/aromatic N) is 5. The normalized spacial score (nSPS) is 11.0. The van der Waals surface area contributed by atoms with Crippen molar-refractivity contribution in [2.75, 3.05) is 12.8 Å². The summed E-state index contributed by atoms with van der Waals surface area (Å²) in [4.78, 5) is 22.7. The lowest BCUT2D eigenvalue weighted by atomic mass is 10.2. The number of halogens is 2. The van der Waals surface area contributed by atoms with Gasteiger partial charge in [0, 0.05) is 24.2 Å². The van der Waals surface area contributed by atoms with E-state index in [4.69, 9.17) is 11.6 Å². The molecule has 30 heavy (non-hydrogen) atoms. The Morgan fingerprint density at radius 2 is 1.97 bits per heavy atom. The number of benzene rings is 2. The van der Waals surface area contributed by atoms with Crippen molar-refractivity contribution in [3.63, 3.8) is 0 Å². The summed E-state index contributed by atoms with van der Waals surface area (Å²) >= 11 is 7.35. The number of aromatic nitrogens is 4. The van der Waals surface area contributed by atoms with Crippen LogP contribution in [-0.2, 0) is 11.3 Å². The molecule has 0 N–H and O–H groups in total. The zero-order valence-corrected chi connectivity index (χ0v) is 17.6. The number of fused-ring (bicyclic) bond motifs is 1. The maximum atomic E-state index is 14.0. The second kappa shape index (κ2) is 8.81. The van der Waals surface area contributed by atoms with Gasteiger partial charge in [-0.15, -0.1) is 0 Å². The Labute approximate surface area is 181 Å². The van der Waals surface area contributed by atoms with Crippen molar-refractivity contribution in [1.29, 1.82) is 0 Å². The molecule has 4 aromatic rings. The number of carbonyl (C=O) groups is 1. The molecule has 0 aliphatic heterocycles. The highest BCUT2D eigenvalue weighted by atomic mass is 35.5. The molecule has 4 rings (SSSR count). The Kier molecular flexibility index (Phi) is 5.96. The van der Waals surface area contributed by atoms with E-state index in [1.807, 2.05) is 30.3 Å². The van der Waals surface area contributed by atoms with E-state index in [-0.39, 0.29) is 18.2 Å². The molecule has 0 bridgehead atoms. The Bertz CT molecular complexity index is 1180. The minimum atomic E-state index is -0.430. The summed E-state index contributed by atoms with van der Waals surface area (Å²) in [5.41, 5.74) is 1.85. The summed E-state index contributed by atoms with van der Waals surface area (Å²) in [5.74, 6) is -0.451. The van der Waals surface area contributed by atoms with Gasteiger partial charge in [-0.2, -0.15) is 5.10 Å². The molecule has 0 spiro atoms. The molecule has 2 aromatic heterocycles. The standard InChI is InChI=1S/C21H17ClFN5OS/c1-27(11-16-17(22)8-5-9-18(16)23)19(29)12-30-21-15-10-26-28(20(15)24-13-25-21)14-6-3-2-4-7-14/h2-10,13H,11-12H2,1H3. The van der Waals surface area contributed by atoms with Crippen molar-refractivity contribution >= 4 is 40.3 Å². The molecular weight excluding hydrogens is 425 g/mol. The molecule has 0 radical (unpaired) electrons. The predicted molar refractivity (Wildman–Crippen MR) is 115 cm³/mol. The molecule has 0 aliphatic rings. The van der Waals surface area contributed by atoms with E-state index in [9.17, 15) is 9.18 Å².